The number of nitrogens with one attached hydrogen (secondary N) is 1. The minimum absolute atomic E-state index is 0.110. The highest BCUT2D eigenvalue weighted by molar-refractivity contribution is 5.70. The van der Waals surface area contributed by atoms with Gasteiger partial charge in [-0.3, -0.25) is 4.79 Å². The highest BCUT2D eigenvalue weighted by Gasteiger charge is 2.18. The maximum absolute atomic E-state index is 13.7. The molecule has 0 fully saturated rings. The van der Waals surface area contributed by atoms with E-state index < -0.39 is 5.82 Å². The molecule has 1 atom stereocenters. The Bertz CT molecular complexity index is 856. The molecule has 3 rings (SSSR count). The number of pyridine rings is 1. The van der Waals surface area contributed by atoms with E-state index in [1.165, 1.54) is 31.2 Å². The zero-order chi connectivity index (χ0) is 21.3. The van der Waals surface area contributed by atoms with E-state index >= 15 is 0 Å². The molecule has 0 spiro atoms. The molecule has 2 aromatic rings. The lowest BCUT2D eigenvalue weighted by atomic mass is 9.90. The third-order valence-corrected chi connectivity index (χ3v) is 5.77. The third-order valence-electron chi connectivity index (χ3n) is 5.77. The van der Waals surface area contributed by atoms with Crippen molar-refractivity contribution in [2.75, 3.05) is 19.0 Å². The zero-order valence-electron chi connectivity index (χ0n) is 17.6. The molecule has 0 saturated heterocycles. The highest BCUT2D eigenvalue weighted by atomic mass is 19.1. The van der Waals surface area contributed by atoms with Crippen LogP contribution in [0.3, 0.4) is 0 Å². The number of ether oxygens (including phenoxy) is 1. The Morgan fingerprint density at radius 3 is 2.87 bits per heavy atom. The first-order valence-corrected chi connectivity index (χ1v) is 10.8. The Balaban J connectivity index is 1.44. The number of unbranched alkanes of at least 4 members (excludes halogenated alkanes) is 3. The van der Waals surface area contributed by atoms with Crippen LogP contribution in [0.5, 0.6) is 5.75 Å². The van der Waals surface area contributed by atoms with Gasteiger partial charge in [0.05, 0.1) is 13.5 Å². The lowest BCUT2D eigenvalue weighted by Gasteiger charge is -2.17. The molecule has 0 bridgehead atoms. The van der Waals surface area contributed by atoms with Gasteiger partial charge >= 0.3 is 5.97 Å². The van der Waals surface area contributed by atoms with Gasteiger partial charge in [-0.25, -0.2) is 9.37 Å². The number of hydrogen-bond donors (Lipinski definition) is 2. The monoisotopic (exact) mass is 414 g/mol. The summed E-state index contributed by atoms with van der Waals surface area (Å²) in [5.41, 5.74) is 3.17. The van der Waals surface area contributed by atoms with Crippen LogP contribution in [0, 0.1) is 5.82 Å². The van der Waals surface area contributed by atoms with Crippen molar-refractivity contribution in [1.29, 1.82) is 0 Å². The molecule has 0 saturated carbocycles. The van der Waals surface area contributed by atoms with E-state index in [1.807, 2.05) is 0 Å². The molecule has 0 aliphatic carbocycles. The van der Waals surface area contributed by atoms with E-state index in [1.54, 1.807) is 6.07 Å². The van der Waals surface area contributed by atoms with E-state index in [0.717, 1.165) is 68.6 Å². The Labute approximate surface area is 177 Å². The van der Waals surface area contributed by atoms with E-state index in [2.05, 4.69) is 17.4 Å². The molecule has 0 radical (unpaired) electrons. The summed E-state index contributed by atoms with van der Waals surface area (Å²) in [7, 11) is 1.36. The first-order valence-electron chi connectivity index (χ1n) is 10.8. The van der Waals surface area contributed by atoms with Gasteiger partial charge in [0, 0.05) is 12.2 Å². The predicted molar refractivity (Wildman–Crippen MR) is 115 cm³/mol. The van der Waals surface area contributed by atoms with Crippen molar-refractivity contribution in [2.45, 2.75) is 63.7 Å². The van der Waals surface area contributed by atoms with Crippen molar-refractivity contribution in [3.8, 4) is 5.75 Å². The fraction of sp³-hybridized carbons (Fsp3) is 0.500. The van der Waals surface area contributed by atoms with Gasteiger partial charge in [0.15, 0.2) is 11.6 Å². The van der Waals surface area contributed by atoms with Crippen molar-refractivity contribution in [3.63, 3.8) is 0 Å². The topological polar surface area (TPSA) is 71.5 Å². The summed E-state index contributed by atoms with van der Waals surface area (Å²) in [6, 6.07) is 8.67. The first kappa shape index (κ1) is 22.1. The number of fused-ring (bicyclic) bond motifs is 1. The lowest BCUT2D eigenvalue weighted by Crippen LogP contribution is -2.13. The van der Waals surface area contributed by atoms with E-state index in [0.29, 0.717) is 0 Å². The molecule has 2 heterocycles. The third kappa shape index (κ3) is 6.18. The second-order valence-electron chi connectivity index (χ2n) is 7.98. The molecule has 1 aromatic carbocycles. The number of halogens is 1. The Kier molecular flexibility index (Phi) is 8.05. The van der Waals surface area contributed by atoms with Gasteiger partial charge in [-0.05, 0) is 67.3 Å². The number of rotatable bonds is 10. The molecule has 1 aromatic heterocycles. The van der Waals surface area contributed by atoms with Crippen LogP contribution in [0.25, 0.3) is 0 Å². The van der Waals surface area contributed by atoms with Crippen LogP contribution >= 0.6 is 0 Å². The smallest absolute Gasteiger partial charge is 0.306 e. The summed E-state index contributed by atoms with van der Waals surface area (Å²) < 4.78 is 18.5. The normalized spacial score (nSPS) is 13.9. The SMILES string of the molecule is COC(=O)C[C@H](CCCCCCc1ccc2c(n1)NCCC2)c1ccc(O)c(F)c1. The van der Waals surface area contributed by atoms with Crippen molar-refractivity contribution in [3.05, 3.63) is 53.0 Å². The Morgan fingerprint density at radius 2 is 2.07 bits per heavy atom. The standard InChI is InChI=1S/C24H31FN2O3/c1-30-23(29)16-18(19-11-13-22(28)21(25)15-19)7-4-2-3-5-9-20-12-10-17-8-6-14-26-24(17)27-20/h10-13,15,18,28H,2-9,14,16H2,1H3,(H,26,27)/t18-/m0/s1. The van der Waals surface area contributed by atoms with Crippen LogP contribution in [0.2, 0.25) is 0 Å². The fourth-order valence-electron chi connectivity index (χ4n) is 4.01. The number of benzene rings is 1. The average molecular weight is 415 g/mol. The Morgan fingerprint density at radius 1 is 1.23 bits per heavy atom. The lowest BCUT2D eigenvalue weighted by molar-refractivity contribution is -0.141. The van der Waals surface area contributed by atoms with Gasteiger partial charge in [0.25, 0.3) is 0 Å². The van der Waals surface area contributed by atoms with Crippen LogP contribution in [0.1, 0.15) is 67.7 Å². The van der Waals surface area contributed by atoms with Crippen molar-refractivity contribution >= 4 is 11.8 Å². The summed E-state index contributed by atoms with van der Waals surface area (Å²) in [6.45, 7) is 1.00. The quantitative estimate of drug-likeness (QED) is 0.417. The summed E-state index contributed by atoms with van der Waals surface area (Å²) >= 11 is 0. The van der Waals surface area contributed by atoms with Crippen LogP contribution < -0.4 is 5.32 Å². The molecule has 0 unspecified atom stereocenters. The second-order valence-corrected chi connectivity index (χ2v) is 7.98. The maximum atomic E-state index is 13.7. The number of phenols is 1. The number of carbonyl (C=O) groups is 1. The zero-order valence-corrected chi connectivity index (χ0v) is 17.6. The summed E-state index contributed by atoms with van der Waals surface area (Å²) in [6.07, 6.45) is 8.37. The van der Waals surface area contributed by atoms with Crippen molar-refractivity contribution in [2.24, 2.45) is 0 Å². The molecule has 5 nitrogen and oxygen atoms in total. The van der Waals surface area contributed by atoms with Crippen molar-refractivity contribution in [1.82, 2.24) is 4.98 Å². The Hall–Kier alpha value is -2.63. The second kappa shape index (κ2) is 11.0. The average Bonchev–Trinajstić information content (AvgIpc) is 2.76. The maximum Gasteiger partial charge on any atom is 0.306 e. The molecular formula is C24H31FN2O3. The molecule has 1 aliphatic rings. The number of phenolic OH excluding ortho intramolecular Hbond substituents is 1. The van der Waals surface area contributed by atoms with Gasteiger partial charge in [-0.15, -0.1) is 0 Å². The minimum Gasteiger partial charge on any atom is -0.505 e. The fourth-order valence-corrected chi connectivity index (χ4v) is 4.01. The number of anilines is 1. The van der Waals surface area contributed by atoms with Crippen LogP contribution in [0.4, 0.5) is 10.2 Å². The first-order chi connectivity index (χ1) is 14.6. The summed E-state index contributed by atoms with van der Waals surface area (Å²) in [5.74, 6) is -0.400. The predicted octanol–water partition coefficient (Wildman–Crippen LogP) is 5.12. The molecule has 1 aliphatic heterocycles. The van der Waals surface area contributed by atoms with Gasteiger partial charge in [-0.2, -0.15) is 0 Å². The van der Waals surface area contributed by atoms with Gasteiger partial charge in [0.2, 0.25) is 0 Å². The molecule has 30 heavy (non-hydrogen) atoms. The van der Waals surface area contributed by atoms with Gasteiger partial charge in [-0.1, -0.05) is 31.4 Å². The molecule has 6 heteroatoms. The summed E-state index contributed by atoms with van der Waals surface area (Å²) in [4.78, 5) is 16.5. The van der Waals surface area contributed by atoms with Crippen LogP contribution in [-0.4, -0.2) is 29.7 Å². The minimum atomic E-state index is -0.658. The van der Waals surface area contributed by atoms with Crippen molar-refractivity contribution < 1.29 is 19.0 Å². The van der Waals surface area contributed by atoms with Crippen LogP contribution in [0.15, 0.2) is 30.3 Å². The number of nitrogens with zero attached hydrogens (tertiary/aromatic N) is 1. The number of methoxy groups -OCH3 is 1. The van der Waals surface area contributed by atoms with E-state index in [-0.39, 0.29) is 24.1 Å². The number of esters is 1. The number of carbonyl (C=O) groups excluding carboxylic acids is 1. The molecule has 2 N–H and O–H groups in total. The number of aromatic nitrogens is 1. The number of aryl methyl sites for hydroxylation is 2. The van der Waals surface area contributed by atoms with E-state index in [9.17, 15) is 14.3 Å². The van der Waals surface area contributed by atoms with Crippen LogP contribution in [-0.2, 0) is 22.4 Å². The van der Waals surface area contributed by atoms with Gasteiger partial charge < -0.3 is 15.2 Å². The largest absolute Gasteiger partial charge is 0.505 e. The van der Waals surface area contributed by atoms with E-state index in [4.69, 9.17) is 9.72 Å². The number of aromatic hydroxyl groups is 1. The summed E-state index contributed by atoms with van der Waals surface area (Å²) in [5, 5.41) is 12.8. The van der Waals surface area contributed by atoms with Gasteiger partial charge in [0.1, 0.15) is 5.82 Å². The number of hydrogen-bond acceptors (Lipinski definition) is 5. The molecule has 0 amide bonds. The molecular weight excluding hydrogens is 383 g/mol. The highest BCUT2D eigenvalue weighted by Crippen LogP contribution is 2.29. The molecule has 162 valence electrons.